The standard InChI is InChI=1S/C14H13N3O3S/c1-10-6-13(2-3-14(10)21(16,18)19)20-9-11-4-5-17-12(7-11)8-15/h2-7H,9H2,1H3,(H2,16,18,19). The van der Waals surface area contributed by atoms with Crippen LogP contribution in [-0.4, -0.2) is 13.4 Å². The number of ether oxygens (including phenoxy) is 1. The van der Waals surface area contributed by atoms with Crippen LogP contribution in [0.1, 0.15) is 16.8 Å². The molecule has 7 heteroatoms. The van der Waals surface area contributed by atoms with Gasteiger partial charge < -0.3 is 4.74 Å². The molecule has 2 N–H and O–H groups in total. The number of aromatic nitrogens is 1. The second-order valence-electron chi connectivity index (χ2n) is 4.42. The van der Waals surface area contributed by atoms with Gasteiger partial charge in [0.15, 0.2) is 0 Å². The second-order valence-corrected chi connectivity index (χ2v) is 5.95. The number of hydrogen-bond donors (Lipinski definition) is 1. The highest BCUT2D eigenvalue weighted by Crippen LogP contribution is 2.21. The van der Waals surface area contributed by atoms with Gasteiger partial charge >= 0.3 is 0 Å². The van der Waals surface area contributed by atoms with Crippen LogP contribution in [0.15, 0.2) is 41.4 Å². The number of hydrogen-bond acceptors (Lipinski definition) is 5. The zero-order valence-electron chi connectivity index (χ0n) is 11.3. The first-order valence-electron chi connectivity index (χ1n) is 6.01. The Morgan fingerprint density at radius 3 is 2.71 bits per heavy atom. The topological polar surface area (TPSA) is 106 Å². The molecule has 0 bridgehead atoms. The van der Waals surface area contributed by atoms with E-state index in [9.17, 15) is 8.42 Å². The molecule has 0 aliphatic heterocycles. The van der Waals surface area contributed by atoms with E-state index in [4.69, 9.17) is 15.1 Å². The minimum absolute atomic E-state index is 0.0746. The van der Waals surface area contributed by atoms with Gasteiger partial charge in [-0.1, -0.05) is 0 Å². The largest absolute Gasteiger partial charge is 0.489 e. The summed E-state index contributed by atoms with van der Waals surface area (Å²) in [6, 6.07) is 9.88. The van der Waals surface area contributed by atoms with Gasteiger partial charge in [-0.05, 0) is 48.4 Å². The van der Waals surface area contributed by atoms with Gasteiger partial charge in [0.25, 0.3) is 0 Å². The number of aryl methyl sites for hydroxylation is 1. The maximum atomic E-state index is 11.3. The van der Waals surface area contributed by atoms with E-state index < -0.39 is 10.0 Å². The Labute approximate surface area is 122 Å². The Balaban J connectivity index is 2.14. The van der Waals surface area contributed by atoms with Gasteiger partial charge in [-0.2, -0.15) is 5.26 Å². The first-order valence-corrected chi connectivity index (χ1v) is 7.56. The van der Waals surface area contributed by atoms with Crippen LogP contribution in [0.2, 0.25) is 0 Å². The Bertz CT molecular complexity index is 810. The smallest absolute Gasteiger partial charge is 0.238 e. The van der Waals surface area contributed by atoms with Crippen LogP contribution < -0.4 is 9.88 Å². The van der Waals surface area contributed by atoms with Crippen molar-refractivity contribution in [3.05, 3.63) is 53.3 Å². The fourth-order valence-electron chi connectivity index (χ4n) is 1.82. The number of benzene rings is 1. The van der Waals surface area contributed by atoms with Crippen molar-refractivity contribution >= 4 is 10.0 Å². The van der Waals surface area contributed by atoms with Gasteiger partial charge in [-0.25, -0.2) is 18.5 Å². The molecule has 0 fully saturated rings. The molecule has 0 spiro atoms. The van der Waals surface area contributed by atoms with Gasteiger partial charge in [0.1, 0.15) is 24.1 Å². The minimum Gasteiger partial charge on any atom is -0.489 e. The highest BCUT2D eigenvalue weighted by molar-refractivity contribution is 7.89. The van der Waals surface area contributed by atoms with Gasteiger partial charge in [-0.3, -0.25) is 0 Å². The van der Waals surface area contributed by atoms with Crippen molar-refractivity contribution in [3.8, 4) is 11.8 Å². The van der Waals surface area contributed by atoms with E-state index in [1.807, 2.05) is 6.07 Å². The molecule has 0 saturated carbocycles. The zero-order valence-corrected chi connectivity index (χ0v) is 12.1. The summed E-state index contributed by atoms with van der Waals surface area (Å²) in [5.41, 5.74) is 1.63. The molecule has 0 aliphatic carbocycles. The lowest BCUT2D eigenvalue weighted by Gasteiger charge is -2.09. The van der Waals surface area contributed by atoms with Crippen LogP contribution in [0.25, 0.3) is 0 Å². The van der Waals surface area contributed by atoms with E-state index in [1.165, 1.54) is 12.3 Å². The molecule has 108 valence electrons. The normalized spacial score (nSPS) is 10.9. The van der Waals surface area contributed by atoms with E-state index in [0.717, 1.165) is 5.56 Å². The quantitative estimate of drug-likeness (QED) is 0.921. The summed E-state index contributed by atoms with van der Waals surface area (Å²) in [4.78, 5) is 3.94. The van der Waals surface area contributed by atoms with E-state index in [-0.39, 0.29) is 11.5 Å². The van der Waals surface area contributed by atoms with E-state index >= 15 is 0 Å². The second kappa shape index (κ2) is 5.91. The van der Waals surface area contributed by atoms with Crippen LogP contribution in [0, 0.1) is 18.3 Å². The van der Waals surface area contributed by atoms with Crippen molar-refractivity contribution in [2.24, 2.45) is 5.14 Å². The molecular formula is C14H13N3O3S. The Hall–Kier alpha value is -2.43. The van der Waals surface area contributed by atoms with E-state index in [1.54, 1.807) is 31.2 Å². The minimum atomic E-state index is -3.73. The summed E-state index contributed by atoms with van der Waals surface area (Å²) in [6.07, 6.45) is 1.53. The van der Waals surface area contributed by atoms with Crippen LogP contribution in [0.5, 0.6) is 5.75 Å². The number of sulfonamides is 1. The number of pyridine rings is 1. The molecule has 0 radical (unpaired) electrons. The SMILES string of the molecule is Cc1cc(OCc2ccnc(C#N)c2)ccc1S(N)(=O)=O. The third-order valence-electron chi connectivity index (χ3n) is 2.80. The molecule has 2 aromatic rings. The molecule has 1 aromatic heterocycles. The summed E-state index contributed by atoms with van der Waals surface area (Å²) in [7, 11) is -3.73. The number of rotatable bonds is 4. The molecular weight excluding hydrogens is 290 g/mol. The predicted octanol–water partition coefficient (Wildman–Crippen LogP) is 1.49. The Morgan fingerprint density at radius 2 is 2.10 bits per heavy atom. The van der Waals surface area contributed by atoms with Crippen LogP contribution in [-0.2, 0) is 16.6 Å². The molecule has 1 aromatic carbocycles. The molecule has 2 rings (SSSR count). The van der Waals surface area contributed by atoms with Crippen molar-refractivity contribution in [2.75, 3.05) is 0 Å². The number of nitrogens with two attached hydrogens (primary N) is 1. The highest BCUT2D eigenvalue weighted by atomic mass is 32.2. The number of nitriles is 1. The van der Waals surface area contributed by atoms with Gasteiger partial charge in [-0.15, -0.1) is 0 Å². The van der Waals surface area contributed by atoms with Gasteiger partial charge in [0.2, 0.25) is 10.0 Å². The third kappa shape index (κ3) is 3.78. The highest BCUT2D eigenvalue weighted by Gasteiger charge is 2.11. The van der Waals surface area contributed by atoms with Gasteiger partial charge in [0.05, 0.1) is 4.90 Å². The van der Waals surface area contributed by atoms with E-state index in [0.29, 0.717) is 17.0 Å². The molecule has 0 atom stereocenters. The average molecular weight is 303 g/mol. The molecule has 0 unspecified atom stereocenters. The van der Waals surface area contributed by atoms with Crippen molar-refractivity contribution in [1.82, 2.24) is 4.98 Å². The molecule has 1 heterocycles. The Morgan fingerprint density at radius 1 is 1.33 bits per heavy atom. The van der Waals surface area contributed by atoms with Crippen molar-refractivity contribution in [2.45, 2.75) is 18.4 Å². The number of nitrogens with zero attached hydrogens (tertiary/aromatic N) is 2. The maximum Gasteiger partial charge on any atom is 0.238 e. The van der Waals surface area contributed by atoms with E-state index in [2.05, 4.69) is 4.98 Å². The fraction of sp³-hybridized carbons (Fsp3) is 0.143. The lowest BCUT2D eigenvalue weighted by atomic mass is 10.2. The maximum absolute atomic E-state index is 11.3. The lowest BCUT2D eigenvalue weighted by molar-refractivity contribution is 0.305. The molecule has 0 aliphatic rings. The first-order chi connectivity index (χ1) is 9.90. The average Bonchev–Trinajstić information content (AvgIpc) is 2.44. The fourth-order valence-corrected chi connectivity index (χ4v) is 2.59. The summed E-state index contributed by atoms with van der Waals surface area (Å²) >= 11 is 0. The van der Waals surface area contributed by atoms with Crippen LogP contribution in [0.4, 0.5) is 0 Å². The summed E-state index contributed by atoms with van der Waals surface area (Å²) < 4.78 is 28.2. The zero-order chi connectivity index (χ0) is 15.5. The summed E-state index contributed by atoms with van der Waals surface area (Å²) in [5, 5.41) is 13.9. The summed E-state index contributed by atoms with van der Waals surface area (Å²) in [5.74, 6) is 0.523. The Kier molecular flexibility index (Phi) is 4.21. The van der Waals surface area contributed by atoms with Crippen LogP contribution in [0.3, 0.4) is 0 Å². The molecule has 6 nitrogen and oxygen atoms in total. The number of primary sulfonamides is 1. The monoisotopic (exact) mass is 303 g/mol. The van der Waals surface area contributed by atoms with Crippen molar-refractivity contribution < 1.29 is 13.2 Å². The van der Waals surface area contributed by atoms with Crippen molar-refractivity contribution in [1.29, 1.82) is 5.26 Å². The predicted molar refractivity (Wildman–Crippen MR) is 75.8 cm³/mol. The first kappa shape index (κ1) is 15.0. The molecule has 0 amide bonds. The summed E-state index contributed by atoms with van der Waals surface area (Å²) in [6.45, 7) is 1.90. The third-order valence-corrected chi connectivity index (χ3v) is 3.87. The van der Waals surface area contributed by atoms with Gasteiger partial charge in [0, 0.05) is 6.20 Å². The molecule has 0 saturated heterocycles. The lowest BCUT2D eigenvalue weighted by Crippen LogP contribution is -2.13. The van der Waals surface area contributed by atoms with Crippen molar-refractivity contribution in [3.63, 3.8) is 0 Å². The van der Waals surface area contributed by atoms with Crippen LogP contribution >= 0.6 is 0 Å². The molecule has 21 heavy (non-hydrogen) atoms.